The molecule has 1 aromatic carbocycles. The van der Waals surface area contributed by atoms with Crippen LogP contribution in [0.5, 0.6) is 0 Å². The van der Waals surface area contributed by atoms with E-state index >= 15 is 0 Å². The molecule has 1 saturated heterocycles. The molecule has 6 heteroatoms. The zero-order chi connectivity index (χ0) is 14.0. The van der Waals surface area contributed by atoms with Gasteiger partial charge < -0.3 is 4.74 Å². The Morgan fingerprint density at radius 1 is 1.21 bits per heavy atom. The Labute approximate surface area is 113 Å². The predicted molar refractivity (Wildman–Crippen MR) is 70.6 cm³/mol. The summed E-state index contributed by atoms with van der Waals surface area (Å²) < 4.78 is 44.4. The lowest BCUT2D eigenvalue weighted by Gasteiger charge is -2.34. The SMILES string of the molecule is CC1CN(S(=O)(=O)Cc2ccc(F)cc2)CC(C)O1. The Hall–Kier alpha value is -0.980. The largest absolute Gasteiger partial charge is 0.373 e. The summed E-state index contributed by atoms with van der Waals surface area (Å²) in [4.78, 5) is 0. The van der Waals surface area contributed by atoms with Gasteiger partial charge in [-0.25, -0.2) is 12.8 Å². The Morgan fingerprint density at radius 3 is 2.26 bits per heavy atom. The molecule has 19 heavy (non-hydrogen) atoms. The zero-order valence-corrected chi connectivity index (χ0v) is 11.9. The van der Waals surface area contributed by atoms with Gasteiger partial charge >= 0.3 is 0 Å². The van der Waals surface area contributed by atoms with Gasteiger partial charge in [0, 0.05) is 13.1 Å². The number of nitrogens with zero attached hydrogens (tertiary/aromatic N) is 1. The van der Waals surface area contributed by atoms with Crippen molar-refractivity contribution in [3.8, 4) is 0 Å². The van der Waals surface area contributed by atoms with Gasteiger partial charge in [-0.3, -0.25) is 0 Å². The Balaban J connectivity index is 2.11. The van der Waals surface area contributed by atoms with Crippen LogP contribution in [-0.2, 0) is 20.5 Å². The van der Waals surface area contributed by atoms with Crippen LogP contribution in [0.2, 0.25) is 0 Å². The summed E-state index contributed by atoms with van der Waals surface area (Å²) in [7, 11) is -3.38. The van der Waals surface area contributed by atoms with Crippen molar-refractivity contribution in [3.05, 3.63) is 35.6 Å². The molecule has 1 fully saturated rings. The fraction of sp³-hybridized carbons (Fsp3) is 0.538. The molecule has 106 valence electrons. The third-order valence-electron chi connectivity index (χ3n) is 3.04. The highest BCUT2D eigenvalue weighted by atomic mass is 32.2. The molecule has 0 aromatic heterocycles. The van der Waals surface area contributed by atoms with E-state index < -0.39 is 10.0 Å². The fourth-order valence-corrected chi connectivity index (χ4v) is 3.91. The molecular weight excluding hydrogens is 269 g/mol. The van der Waals surface area contributed by atoms with Gasteiger partial charge in [-0.05, 0) is 31.5 Å². The first-order valence-electron chi connectivity index (χ1n) is 6.24. The lowest BCUT2D eigenvalue weighted by atomic mass is 10.2. The molecule has 0 aliphatic carbocycles. The van der Waals surface area contributed by atoms with Crippen LogP contribution in [0, 0.1) is 5.82 Å². The van der Waals surface area contributed by atoms with Gasteiger partial charge in [-0.1, -0.05) is 12.1 Å². The average Bonchev–Trinajstić information content (AvgIpc) is 2.31. The van der Waals surface area contributed by atoms with Gasteiger partial charge in [0.05, 0.1) is 18.0 Å². The normalized spacial score (nSPS) is 25.4. The maximum atomic E-state index is 12.8. The molecular formula is C13H18FNO3S. The highest BCUT2D eigenvalue weighted by Gasteiger charge is 2.30. The highest BCUT2D eigenvalue weighted by Crippen LogP contribution is 2.18. The minimum absolute atomic E-state index is 0.104. The van der Waals surface area contributed by atoms with Crippen LogP contribution in [0.15, 0.2) is 24.3 Å². The first-order chi connectivity index (χ1) is 8.87. The molecule has 1 aliphatic rings. The zero-order valence-electron chi connectivity index (χ0n) is 11.0. The maximum Gasteiger partial charge on any atom is 0.218 e. The second-order valence-corrected chi connectivity index (χ2v) is 6.93. The quantitative estimate of drug-likeness (QED) is 0.851. The first-order valence-corrected chi connectivity index (χ1v) is 7.85. The topological polar surface area (TPSA) is 46.6 Å². The summed E-state index contributed by atoms with van der Waals surface area (Å²) in [6, 6.07) is 5.55. The smallest absolute Gasteiger partial charge is 0.218 e. The number of morpholine rings is 1. The monoisotopic (exact) mass is 287 g/mol. The second-order valence-electron chi connectivity index (χ2n) is 4.96. The van der Waals surface area contributed by atoms with Gasteiger partial charge in [-0.15, -0.1) is 0 Å². The molecule has 0 amide bonds. The van der Waals surface area contributed by atoms with Crippen LogP contribution < -0.4 is 0 Å². The summed E-state index contributed by atoms with van der Waals surface area (Å²) in [6.45, 7) is 4.45. The van der Waals surface area contributed by atoms with Crippen LogP contribution in [-0.4, -0.2) is 38.0 Å². The number of benzene rings is 1. The number of rotatable bonds is 3. The number of sulfonamides is 1. The van der Waals surface area contributed by atoms with E-state index in [0.717, 1.165) is 0 Å². The Bertz CT molecular complexity index is 519. The van der Waals surface area contributed by atoms with E-state index in [0.29, 0.717) is 18.7 Å². The summed E-state index contributed by atoms with van der Waals surface area (Å²) in [6.07, 6.45) is -0.210. The van der Waals surface area contributed by atoms with E-state index in [9.17, 15) is 12.8 Å². The number of hydrogen-bond acceptors (Lipinski definition) is 3. The molecule has 0 saturated carbocycles. The number of hydrogen-bond donors (Lipinski definition) is 0. The van der Waals surface area contributed by atoms with Gasteiger partial charge in [0.25, 0.3) is 0 Å². The first kappa shape index (κ1) is 14.4. The van der Waals surface area contributed by atoms with E-state index in [1.807, 2.05) is 13.8 Å². The molecule has 1 heterocycles. The van der Waals surface area contributed by atoms with Crippen molar-refractivity contribution in [1.29, 1.82) is 0 Å². The van der Waals surface area contributed by atoms with Crippen molar-refractivity contribution in [2.75, 3.05) is 13.1 Å². The molecule has 2 atom stereocenters. The van der Waals surface area contributed by atoms with Crippen molar-refractivity contribution >= 4 is 10.0 Å². The van der Waals surface area contributed by atoms with Crippen LogP contribution in [0.4, 0.5) is 4.39 Å². The third-order valence-corrected chi connectivity index (χ3v) is 4.82. The molecule has 4 nitrogen and oxygen atoms in total. The lowest BCUT2D eigenvalue weighted by molar-refractivity contribution is -0.0441. The summed E-state index contributed by atoms with van der Waals surface area (Å²) >= 11 is 0. The van der Waals surface area contributed by atoms with Crippen molar-refractivity contribution in [2.45, 2.75) is 31.8 Å². The van der Waals surface area contributed by atoms with Crippen molar-refractivity contribution in [3.63, 3.8) is 0 Å². The van der Waals surface area contributed by atoms with E-state index in [4.69, 9.17) is 4.74 Å². The Morgan fingerprint density at radius 2 is 1.74 bits per heavy atom. The van der Waals surface area contributed by atoms with Gasteiger partial charge in [0.15, 0.2) is 0 Å². The highest BCUT2D eigenvalue weighted by molar-refractivity contribution is 7.88. The van der Waals surface area contributed by atoms with E-state index in [1.54, 1.807) is 0 Å². The molecule has 0 spiro atoms. The Kier molecular flexibility index (Phi) is 4.23. The summed E-state index contributed by atoms with van der Waals surface area (Å²) in [5.74, 6) is -0.470. The van der Waals surface area contributed by atoms with E-state index in [-0.39, 0.29) is 23.8 Å². The van der Waals surface area contributed by atoms with Gasteiger partial charge in [0.1, 0.15) is 5.82 Å². The van der Waals surface area contributed by atoms with Crippen molar-refractivity contribution in [2.24, 2.45) is 0 Å². The minimum atomic E-state index is -3.38. The third kappa shape index (κ3) is 3.75. The van der Waals surface area contributed by atoms with Gasteiger partial charge in [0.2, 0.25) is 10.0 Å². The van der Waals surface area contributed by atoms with Crippen molar-refractivity contribution < 1.29 is 17.5 Å². The minimum Gasteiger partial charge on any atom is -0.373 e. The summed E-state index contributed by atoms with van der Waals surface area (Å²) in [5.41, 5.74) is 0.591. The van der Waals surface area contributed by atoms with Gasteiger partial charge in [-0.2, -0.15) is 4.31 Å². The molecule has 0 radical (unpaired) electrons. The summed E-state index contributed by atoms with van der Waals surface area (Å²) in [5, 5.41) is 0. The van der Waals surface area contributed by atoms with Crippen LogP contribution in [0.3, 0.4) is 0 Å². The molecule has 2 unspecified atom stereocenters. The molecule has 0 bridgehead atoms. The molecule has 1 aliphatic heterocycles. The molecule has 1 aromatic rings. The lowest BCUT2D eigenvalue weighted by Crippen LogP contribution is -2.48. The predicted octanol–water partition coefficient (Wildman–Crippen LogP) is 1.76. The van der Waals surface area contributed by atoms with Crippen LogP contribution in [0.25, 0.3) is 0 Å². The van der Waals surface area contributed by atoms with Crippen LogP contribution in [0.1, 0.15) is 19.4 Å². The number of halogens is 1. The van der Waals surface area contributed by atoms with Crippen LogP contribution >= 0.6 is 0 Å². The van der Waals surface area contributed by atoms with Crippen molar-refractivity contribution in [1.82, 2.24) is 4.31 Å². The fourth-order valence-electron chi connectivity index (χ4n) is 2.24. The molecule has 2 rings (SSSR count). The standard InChI is InChI=1S/C13H18FNO3S/c1-10-7-15(8-11(2)18-10)19(16,17)9-12-3-5-13(14)6-4-12/h3-6,10-11H,7-9H2,1-2H3. The van der Waals surface area contributed by atoms with E-state index in [1.165, 1.54) is 28.6 Å². The second kappa shape index (κ2) is 5.56. The molecule has 0 N–H and O–H groups in total. The maximum absolute atomic E-state index is 12.8. The number of ether oxygens (including phenoxy) is 1. The average molecular weight is 287 g/mol. The van der Waals surface area contributed by atoms with E-state index in [2.05, 4.69) is 0 Å².